The van der Waals surface area contributed by atoms with Crippen LogP contribution in [0.2, 0.25) is 0 Å². The van der Waals surface area contributed by atoms with Crippen molar-refractivity contribution in [2.75, 3.05) is 14.2 Å². The lowest BCUT2D eigenvalue weighted by atomic mass is 9.66. The first-order chi connectivity index (χ1) is 19.4. The molecule has 0 atom stereocenters. The number of ether oxygens (including phenoxy) is 2. The molecule has 0 radical (unpaired) electrons. The number of hydrogen-bond donors (Lipinski definition) is 2. The fraction of sp³-hybridized carbons (Fsp3) is 0.111. The summed E-state index contributed by atoms with van der Waals surface area (Å²) in [5.41, 5.74) is 8.24. The molecule has 0 amide bonds. The lowest BCUT2D eigenvalue weighted by molar-refractivity contribution is 0.414. The molecular weight excluding hydrogens is 496 g/mol. The Balaban J connectivity index is 1.73. The van der Waals surface area contributed by atoms with Gasteiger partial charge in [0.2, 0.25) is 0 Å². The standard InChI is InChI=1S/C36H28O4/c1-23-4-19-33-32-21-14-28(38)22-34(32)36(25-8-15-29(39-2)16-9-25,26-10-17-30(40-3)18-11-26)35(33)31(23)20-7-24-5-12-27(37)13-6-24/h4-6,8-19,21-22,37-38H,1-3H3. The Morgan fingerprint density at radius 1 is 0.600 bits per heavy atom. The van der Waals surface area contributed by atoms with Crippen LogP contribution in [0.15, 0.2) is 103 Å². The average molecular weight is 525 g/mol. The topological polar surface area (TPSA) is 58.9 Å². The summed E-state index contributed by atoms with van der Waals surface area (Å²) in [6, 6.07) is 33.0. The third-order valence-electron chi connectivity index (χ3n) is 7.73. The Labute approximate surface area is 234 Å². The first-order valence-electron chi connectivity index (χ1n) is 13.0. The minimum Gasteiger partial charge on any atom is -0.508 e. The molecule has 1 aliphatic carbocycles. The van der Waals surface area contributed by atoms with Crippen molar-refractivity contribution in [3.8, 4) is 46.0 Å². The van der Waals surface area contributed by atoms with E-state index in [9.17, 15) is 10.2 Å². The minimum absolute atomic E-state index is 0.200. The van der Waals surface area contributed by atoms with E-state index in [1.165, 1.54) is 0 Å². The van der Waals surface area contributed by atoms with Gasteiger partial charge in [0.15, 0.2) is 0 Å². The maximum atomic E-state index is 10.8. The molecule has 0 saturated heterocycles. The molecule has 5 aromatic carbocycles. The van der Waals surface area contributed by atoms with E-state index >= 15 is 0 Å². The third kappa shape index (κ3) is 3.95. The van der Waals surface area contributed by atoms with Crippen LogP contribution in [0, 0.1) is 18.8 Å². The van der Waals surface area contributed by atoms with Gasteiger partial charge in [-0.3, -0.25) is 0 Å². The summed E-state index contributed by atoms with van der Waals surface area (Å²) in [5.74, 6) is 8.75. The number of methoxy groups -OCH3 is 2. The molecule has 0 aliphatic heterocycles. The van der Waals surface area contributed by atoms with Crippen molar-refractivity contribution in [1.82, 2.24) is 0 Å². The molecule has 0 saturated carbocycles. The number of fused-ring (bicyclic) bond motifs is 3. The number of phenols is 2. The molecule has 2 N–H and O–H groups in total. The third-order valence-corrected chi connectivity index (χ3v) is 7.73. The van der Waals surface area contributed by atoms with Crippen LogP contribution in [0.25, 0.3) is 11.1 Å². The van der Waals surface area contributed by atoms with Crippen molar-refractivity contribution in [2.45, 2.75) is 12.3 Å². The van der Waals surface area contributed by atoms with Crippen LogP contribution < -0.4 is 9.47 Å². The summed E-state index contributed by atoms with van der Waals surface area (Å²) < 4.78 is 11.0. The molecule has 0 spiro atoms. The number of benzene rings is 5. The average Bonchev–Trinajstić information content (AvgIpc) is 3.27. The van der Waals surface area contributed by atoms with Gasteiger partial charge in [0, 0.05) is 11.1 Å². The van der Waals surface area contributed by atoms with Crippen molar-refractivity contribution in [2.24, 2.45) is 0 Å². The maximum absolute atomic E-state index is 10.8. The Kier molecular flexibility index (Phi) is 6.21. The predicted octanol–water partition coefficient (Wildman–Crippen LogP) is 7.19. The van der Waals surface area contributed by atoms with Crippen LogP contribution in [0.3, 0.4) is 0 Å². The Morgan fingerprint density at radius 3 is 1.73 bits per heavy atom. The number of aryl methyl sites for hydroxylation is 1. The highest BCUT2D eigenvalue weighted by Gasteiger charge is 2.48. The fourth-order valence-electron chi connectivity index (χ4n) is 5.82. The monoisotopic (exact) mass is 524 g/mol. The minimum atomic E-state index is -0.771. The van der Waals surface area contributed by atoms with E-state index < -0.39 is 5.41 Å². The predicted molar refractivity (Wildman–Crippen MR) is 157 cm³/mol. The van der Waals surface area contributed by atoms with Crippen molar-refractivity contribution in [1.29, 1.82) is 0 Å². The van der Waals surface area contributed by atoms with Gasteiger partial charge >= 0.3 is 0 Å². The van der Waals surface area contributed by atoms with Gasteiger partial charge in [-0.1, -0.05) is 54.3 Å². The number of rotatable bonds is 4. The summed E-state index contributed by atoms with van der Waals surface area (Å²) in [5, 5.41) is 20.5. The first kappa shape index (κ1) is 25.2. The van der Waals surface area contributed by atoms with Gasteiger partial charge in [-0.25, -0.2) is 0 Å². The zero-order chi connectivity index (χ0) is 27.9. The van der Waals surface area contributed by atoms with Gasteiger partial charge in [0.05, 0.1) is 19.6 Å². The second kappa shape index (κ2) is 9.87. The molecule has 196 valence electrons. The van der Waals surface area contributed by atoms with Crippen molar-refractivity contribution >= 4 is 0 Å². The Bertz CT molecular complexity index is 1720. The molecule has 40 heavy (non-hydrogen) atoms. The summed E-state index contributed by atoms with van der Waals surface area (Å²) in [6.45, 7) is 2.08. The number of aromatic hydroxyl groups is 2. The summed E-state index contributed by atoms with van der Waals surface area (Å²) in [7, 11) is 3.32. The molecule has 5 aromatic rings. The molecule has 4 heteroatoms. The smallest absolute Gasteiger partial charge is 0.118 e. The molecule has 4 nitrogen and oxygen atoms in total. The summed E-state index contributed by atoms with van der Waals surface area (Å²) >= 11 is 0. The van der Waals surface area contributed by atoms with Crippen molar-refractivity contribution in [3.63, 3.8) is 0 Å². The number of phenolic OH excluding ortho intramolecular Hbond substituents is 2. The molecule has 0 unspecified atom stereocenters. The molecule has 0 aromatic heterocycles. The van der Waals surface area contributed by atoms with Crippen LogP contribution in [0.4, 0.5) is 0 Å². The summed E-state index contributed by atoms with van der Waals surface area (Å²) in [6.07, 6.45) is 0. The Hall–Kier alpha value is -5.14. The summed E-state index contributed by atoms with van der Waals surface area (Å²) in [4.78, 5) is 0. The SMILES string of the molecule is COc1ccc(C2(c3ccc(OC)cc3)c3cc(O)ccc3-c3ccc(C)c(C#Cc4ccc(O)cc4)c32)cc1. The molecule has 1 aliphatic rings. The van der Waals surface area contributed by atoms with Crippen LogP contribution >= 0.6 is 0 Å². The van der Waals surface area contributed by atoms with E-state index in [4.69, 9.17) is 9.47 Å². The van der Waals surface area contributed by atoms with Crippen LogP contribution in [0.1, 0.15) is 38.9 Å². The lowest BCUT2D eigenvalue weighted by Crippen LogP contribution is -2.29. The second-order valence-corrected chi connectivity index (χ2v) is 9.91. The van der Waals surface area contributed by atoms with Crippen molar-refractivity contribution < 1.29 is 19.7 Å². The van der Waals surface area contributed by atoms with Gasteiger partial charge in [0.1, 0.15) is 23.0 Å². The molecule has 0 heterocycles. The largest absolute Gasteiger partial charge is 0.508 e. The van der Waals surface area contributed by atoms with Gasteiger partial charge in [0.25, 0.3) is 0 Å². The van der Waals surface area contributed by atoms with Gasteiger partial charge in [-0.2, -0.15) is 0 Å². The molecule has 0 fully saturated rings. The molecule has 6 rings (SSSR count). The molecule has 0 bridgehead atoms. The number of hydrogen-bond acceptors (Lipinski definition) is 4. The normalized spacial score (nSPS) is 12.6. The zero-order valence-electron chi connectivity index (χ0n) is 22.5. The quantitative estimate of drug-likeness (QED) is 0.240. The van der Waals surface area contributed by atoms with Crippen LogP contribution in [0.5, 0.6) is 23.0 Å². The fourth-order valence-corrected chi connectivity index (χ4v) is 5.82. The van der Waals surface area contributed by atoms with Gasteiger partial charge in [-0.05, 0) is 107 Å². The highest BCUT2D eigenvalue weighted by atomic mass is 16.5. The van der Waals surface area contributed by atoms with Gasteiger partial charge in [-0.15, -0.1) is 0 Å². The Morgan fingerprint density at radius 2 is 1.15 bits per heavy atom. The van der Waals surface area contributed by atoms with E-state index in [-0.39, 0.29) is 11.5 Å². The van der Waals surface area contributed by atoms with E-state index in [0.29, 0.717) is 0 Å². The van der Waals surface area contributed by atoms with Crippen molar-refractivity contribution in [3.05, 3.63) is 142 Å². The van der Waals surface area contributed by atoms with Gasteiger partial charge < -0.3 is 19.7 Å². The maximum Gasteiger partial charge on any atom is 0.118 e. The van der Waals surface area contributed by atoms with E-state index in [1.54, 1.807) is 32.4 Å². The van der Waals surface area contributed by atoms with E-state index in [0.717, 1.165) is 61.6 Å². The van der Waals surface area contributed by atoms with Crippen LogP contribution in [-0.2, 0) is 5.41 Å². The lowest BCUT2D eigenvalue weighted by Gasteiger charge is -2.35. The van der Waals surface area contributed by atoms with E-state index in [1.807, 2.05) is 48.5 Å². The highest BCUT2D eigenvalue weighted by Crippen LogP contribution is 2.58. The van der Waals surface area contributed by atoms with Crippen LogP contribution in [-0.4, -0.2) is 24.4 Å². The zero-order valence-corrected chi connectivity index (χ0v) is 22.5. The second-order valence-electron chi connectivity index (χ2n) is 9.91. The molecular formula is C36H28O4. The van der Waals surface area contributed by atoms with E-state index in [2.05, 4.69) is 55.2 Å². The first-order valence-corrected chi connectivity index (χ1v) is 13.0. The highest BCUT2D eigenvalue weighted by molar-refractivity contribution is 5.89.